The Labute approximate surface area is 84.2 Å². The van der Waals surface area contributed by atoms with Crippen molar-refractivity contribution in [2.24, 2.45) is 7.05 Å². The van der Waals surface area contributed by atoms with E-state index in [0.29, 0.717) is 0 Å². The molecule has 1 unspecified atom stereocenters. The molecule has 0 amide bonds. The Kier molecular flexibility index (Phi) is 3.28. The van der Waals surface area contributed by atoms with Crippen molar-refractivity contribution >= 4 is 10.0 Å². The first-order valence-electron chi connectivity index (χ1n) is 4.43. The lowest BCUT2D eigenvalue weighted by molar-refractivity contribution is 0.568. The third-order valence-electron chi connectivity index (χ3n) is 1.96. The molecule has 0 fully saturated rings. The number of sulfonamides is 1. The van der Waals surface area contributed by atoms with Crippen molar-refractivity contribution in [3.8, 4) is 0 Å². The predicted molar refractivity (Wildman–Crippen MR) is 54.2 cm³/mol. The summed E-state index contributed by atoms with van der Waals surface area (Å²) in [5.41, 5.74) is 0.865. The first-order valence-corrected chi connectivity index (χ1v) is 6.08. The fraction of sp³-hybridized carbons (Fsp3) is 0.625. The Morgan fingerprint density at radius 2 is 2.29 bits per heavy atom. The summed E-state index contributed by atoms with van der Waals surface area (Å²) in [4.78, 5) is 0. The van der Waals surface area contributed by atoms with Crippen LogP contribution in [0.4, 0.5) is 0 Å². The molecule has 14 heavy (non-hydrogen) atoms. The minimum atomic E-state index is -3.14. The lowest BCUT2D eigenvalue weighted by Crippen LogP contribution is -2.27. The van der Waals surface area contributed by atoms with E-state index in [2.05, 4.69) is 9.82 Å². The van der Waals surface area contributed by atoms with Gasteiger partial charge in [0, 0.05) is 24.8 Å². The van der Waals surface area contributed by atoms with Crippen molar-refractivity contribution in [1.82, 2.24) is 14.5 Å². The lowest BCUT2D eigenvalue weighted by Gasteiger charge is -2.10. The molecule has 5 nitrogen and oxygen atoms in total. The van der Waals surface area contributed by atoms with Crippen LogP contribution in [0, 0.1) is 0 Å². The van der Waals surface area contributed by atoms with Gasteiger partial charge in [-0.1, -0.05) is 0 Å². The van der Waals surface area contributed by atoms with Crippen molar-refractivity contribution in [2.75, 3.05) is 5.75 Å². The molecule has 0 radical (unpaired) electrons. The van der Waals surface area contributed by atoms with E-state index >= 15 is 0 Å². The molecule has 0 aliphatic carbocycles. The molecule has 0 spiro atoms. The molecule has 1 rings (SSSR count). The van der Waals surface area contributed by atoms with Crippen molar-refractivity contribution in [1.29, 1.82) is 0 Å². The van der Waals surface area contributed by atoms with Crippen LogP contribution >= 0.6 is 0 Å². The molecule has 1 aromatic rings. The minimum absolute atomic E-state index is 0.0948. The van der Waals surface area contributed by atoms with E-state index < -0.39 is 10.0 Å². The summed E-state index contributed by atoms with van der Waals surface area (Å²) in [6.45, 7) is 3.41. The summed E-state index contributed by atoms with van der Waals surface area (Å²) < 4.78 is 26.7. The number of aromatic nitrogens is 2. The second-order valence-electron chi connectivity index (χ2n) is 3.19. The van der Waals surface area contributed by atoms with Gasteiger partial charge in [-0.15, -0.1) is 0 Å². The molecule has 0 bridgehead atoms. The number of aryl methyl sites for hydroxylation is 1. The van der Waals surface area contributed by atoms with E-state index in [9.17, 15) is 8.42 Å². The first kappa shape index (κ1) is 11.2. The molecule has 0 aliphatic heterocycles. The van der Waals surface area contributed by atoms with E-state index in [1.807, 2.05) is 0 Å². The van der Waals surface area contributed by atoms with Crippen LogP contribution < -0.4 is 4.72 Å². The summed E-state index contributed by atoms with van der Waals surface area (Å²) in [5.74, 6) is 0.0948. The summed E-state index contributed by atoms with van der Waals surface area (Å²) in [7, 11) is -1.35. The predicted octanol–water partition coefficient (Wildman–Crippen LogP) is 0.420. The highest BCUT2D eigenvalue weighted by Crippen LogP contribution is 2.11. The quantitative estimate of drug-likeness (QED) is 0.795. The van der Waals surface area contributed by atoms with Gasteiger partial charge >= 0.3 is 0 Å². The van der Waals surface area contributed by atoms with Crippen LogP contribution in [-0.4, -0.2) is 24.0 Å². The molecular weight excluding hydrogens is 202 g/mol. The number of hydrogen-bond donors (Lipinski definition) is 1. The zero-order valence-electron chi connectivity index (χ0n) is 8.56. The highest BCUT2D eigenvalue weighted by atomic mass is 32.2. The van der Waals surface area contributed by atoms with E-state index in [1.165, 1.54) is 0 Å². The normalized spacial score (nSPS) is 14.2. The van der Waals surface area contributed by atoms with Gasteiger partial charge in [0.2, 0.25) is 10.0 Å². The fourth-order valence-electron chi connectivity index (χ4n) is 1.08. The number of hydrogen-bond acceptors (Lipinski definition) is 3. The molecule has 0 aromatic carbocycles. The monoisotopic (exact) mass is 217 g/mol. The summed E-state index contributed by atoms with van der Waals surface area (Å²) in [5, 5.41) is 3.98. The largest absolute Gasteiger partial charge is 0.275 e. The third-order valence-corrected chi connectivity index (χ3v) is 3.43. The van der Waals surface area contributed by atoms with Gasteiger partial charge in [-0.25, -0.2) is 13.1 Å². The van der Waals surface area contributed by atoms with Crippen LogP contribution in [0.5, 0.6) is 0 Å². The second kappa shape index (κ2) is 4.10. The van der Waals surface area contributed by atoms with Gasteiger partial charge in [0.15, 0.2) is 0 Å². The Morgan fingerprint density at radius 1 is 1.64 bits per heavy atom. The standard InChI is InChI=1S/C8H15N3O2S/c1-4-14(12,13)10-7(2)8-5-9-11(3)6-8/h5-7,10H,4H2,1-3H3. The highest BCUT2D eigenvalue weighted by molar-refractivity contribution is 7.89. The zero-order chi connectivity index (χ0) is 10.8. The first-order chi connectivity index (χ1) is 6.44. The Morgan fingerprint density at radius 3 is 2.71 bits per heavy atom. The van der Waals surface area contributed by atoms with Crippen molar-refractivity contribution in [2.45, 2.75) is 19.9 Å². The molecule has 1 aromatic heterocycles. The molecular formula is C8H15N3O2S. The summed E-state index contributed by atoms with van der Waals surface area (Å²) in [6, 6.07) is -0.228. The molecule has 1 N–H and O–H groups in total. The molecule has 0 saturated carbocycles. The van der Waals surface area contributed by atoms with Crippen LogP contribution in [0.2, 0.25) is 0 Å². The van der Waals surface area contributed by atoms with Gasteiger partial charge in [-0.05, 0) is 13.8 Å². The van der Waals surface area contributed by atoms with Gasteiger partial charge in [0.25, 0.3) is 0 Å². The van der Waals surface area contributed by atoms with Crippen molar-refractivity contribution in [3.05, 3.63) is 18.0 Å². The smallest absolute Gasteiger partial charge is 0.211 e. The Bertz CT molecular complexity index is 396. The number of rotatable bonds is 4. The maximum Gasteiger partial charge on any atom is 0.211 e. The maximum atomic E-state index is 11.3. The Balaban J connectivity index is 2.73. The van der Waals surface area contributed by atoms with Gasteiger partial charge in [-0.2, -0.15) is 5.10 Å². The average molecular weight is 217 g/mol. The van der Waals surface area contributed by atoms with Crippen LogP contribution in [0.25, 0.3) is 0 Å². The maximum absolute atomic E-state index is 11.3. The van der Waals surface area contributed by atoms with Crippen LogP contribution in [0.1, 0.15) is 25.5 Å². The van der Waals surface area contributed by atoms with Crippen molar-refractivity contribution in [3.63, 3.8) is 0 Å². The average Bonchev–Trinajstić information content (AvgIpc) is 2.51. The molecule has 6 heteroatoms. The third kappa shape index (κ3) is 2.81. The second-order valence-corrected chi connectivity index (χ2v) is 5.23. The zero-order valence-corrected chi connectivity index (χ0v) is 9.37. The van der Waals surface area contributed by atoms with Gasteiger partial charge in [-0.3, -0.25) is 4.68 Å². The van der Waals surface area contributed by atoms with Gasteiger partial charge in [0.05, 0.1) is 11.9 Å². The van der Waals surface area contributed by atoms with Gasteiger partial charge in [0.1, 0.15) is 0 Å². The van der Waals surface area contributed by atoms with E-state index in [-0.39, 0.29) is 11.8 Å². The molecule has 80 valence electrons. The number of nitrogens with one attached hydrogen (secondary N) is 1. The van der Waals surface area contributed by atoms with E-state index in [1.54, 1.807) is 38.0 Å². The molecule has 0 saturated heterocycles. The molecule has 1 heterocycles. The highest BCUT2D eigenvalue weighted by Gasteiger charge is 2.14. The molecule has 0 aliphatic rings. The molecule has 1 atom stereocenters. The van der Waals surface area contributed by atoms with E-state index in [0.717, 1.165) is 5.56 Å². The van der Waals surface area contributed by atoms with Gasteiger partial charge < -0.3 is 0 Å². The topological polar surface area (TPSA) is 64.0 Å². The van der Waals surface area contributed by atoms with Crippen LogP contribution in [-0.2, 0) is 17.1 Å². The van der Waals surface area contributed by atoms with E-state index in [4.69, 9.17) is 0 Å². The van der Waals surface area contributed by atoms with Crippen LogP contribution in [0.3, 0.4) is 0 Å². The SMILES string of the molecule is CCS(=O)(=O)NC(C)c1cnn(C)c1. The Hall–Kier alpha value is -0.880. The number of nitrogens with zero attached hydrogens (tertiary/aromatic N) is 2. The van der Waals surface area contributed by atoms with Crippen molar-refractivity contribution < 1.29 is 8.42 Å². The summed E-state index contributed by atoms with van der Waals surface area (Å²) >= 11 is 0. The van der Waals surface area contributed by atoms with Crippen LogP contribution in [0.15, 0.2) is 12.4 Å². The minimum Gasteiger partial charge on any atom is -0.275 e. The lowest BCUT2D eigenvalue weighted by atomic mass is 10.2. The summed E-state index contributed by atoms with van der Waals surface area (Å²) in [6.07, 6.45) is 3.45. The fourth-order valence-corrected chi connectivity index (χ4v) is 1.93.